The van der Waals surface area contributed by atoms with E-state index in [9.17, 15) is 19.2 Å². The minimum Gasteiger partial charge on any atom is -0.493 e. The second-order valence-electron chi connectivity index (χ2n) is 8.91. The van der Waals surface area contributed by atoms with Crippen LogP contribution in [0.4, 0.5) is 5.69 Å². The highest BCUT2D eigenvalue weighted by Crippen LogP contribution is 2.34. The highest BCUT2D eigenvalue weighted by atomic mass is 16.5. The van der Waals surface area contributed by atoms with Crippen LogP contribution in [0.15, 0.2) is 28.0 Å². The van der Waals surface area contributed by atoms with Gasteiger partial charge in [0.25, 0.3) is 5.56 Å². The molecule has 0 radical (unpaired) electrons. The molecular formula is C23H29N5O7. The number of anilines is 1. The number of hydrogen-bond donors (Lipinski definition) is 1. The third-order valence-electron chi connectivity index (χ3n) is 5.46. The number of nitrogens with zero attached hydrogens (tertiary/aromatic N) is 4. The van der Waals surface area contributed by atoms with Gasteiger partial charge in [-0.15, -0.1) is 0 Å². The number of aromatic nitrogens is 4. The molecule has 0 unspecified atom stereocenters. The number of rotatable bonds is 7. The Labute approximate surface area is 201 Å². The van der Waals surface area contributed by atoms with Crippen molar-refractivity contribution in [3.63, 3.8) is 0 Å². The Hall–Kier alpha value is -4.09. The van der Waals surface area contributed by atoms with Gasteiger partial charge in [0, 0.05) is 31.6 Å². The Bertz CT molecular complexity index is 1410. The normalized spacial score (nSPS) is 11.4. The first-order chi connectivity index (χ1) is 16.4. The Morgan fingerprint density at radius 3 is 2.26 bits per heavy atom. The molecule has 35 heavy (non-hydrogen) atoms. The lowest BCUT2D eigenvalue weighted by atomic mass is 9.95. The van der Waals surface area contributed by atoms with Crippen LogP contribution in [-0.2, 0) is 30.2 Å². The van der Waals surface area contributed by atoms with Crippen molar-refractivity contribution in [2.45, 2.75) is 27.3 Å². The van der Waals surface area contributed by atoms with Gasteiger partial charge in [-0.2, -0.15) is 0 Å². The minimum absolute atomic E-state index is 0.0778. The van der Waals surface area contributed by atoms with Gasteiger partial charge in [0.05, 0.1) is 38.3 Å². The van der Waals surface area contributed by atoms with Crippen LogP contribution in [0.5, 0.6) is 11.5 Å². The summed E-state index contributed by atoms with van der Waals surface area (Å²) in [7, 11) is 5.77. The third kappa shape index (κ3) is 4.91. The van der Waals surface area contributed by atoms with Crippen molar-refractivity contribution in [2.24, 2.45) is 19.5 Å². The number of benzene rings is 1. The molecular weight excluding hydrogens is 458 g/mol. The number of ether oxygens (including phenoxy) is 3. The fourth-order valence-corrected chi connectivity index (χ4v) is 3.34. The maximum atomic E-state index is 13.0. The van der Waals surface area contributed by atoms with Crippen molar-refractivity contribution in [1.82, 2.24) is 18.7 Å². The summed E-state index contributed by atoms with van der Waals surface area (Å²) in [6, 6.07) is 2.92. The third-order valence-corrected chi connectivity index (χ3v) is 5.46. The summed E-state index contributed by atoms with van der Waals surface area (Å²) < 4.78 is 19.8. The number of hydrogen-bond acceptors (Lipinski definition) is 8. The van der Waals surface area contributed by atoms with Crippen LogP contribution in [0.1, 0.15) is 31.1 Å². The van der Waals surface area contributed by atoms with Gasteiger partial charge in [-0.05, 0) is 0 Å². The zero-order chi connectivity index (χ0) is 26.1. The number of esters is 1. The Morgan fingerprint density at radius 1 is 1.03 bits per heavy atom. The van der Waals surface area contributed by atoms with E-state index < -0.39 is 22.6 Å². The maximum absolute atomic E-state index is 13.0. The summed E-state index contributed by atoms with van der Waals surface area (Å²) >= 11 is 0. The molecule has 12 nitrogen and oxygen atoms in total. The molecule has 1 N–H and O–H groups in total. The van der Waals surface area contributed by atoms with E-state index in [1.54, 1.807) is 20.8 Å². The smallest absolute Gasteiger partial charge is 0.340 e. The van der Waals surface area contributed by atoms with E-state index in [4.69, 9.17) is 14.2 Å². The summed E-state index contributed by atoms with van der Waals surface area (Å²) in [5, 5.41) is 2.74. The molecule has 1 amide bonds. The first-order valence-electron chi connectivity index (χ1n) is 10.8. The number of carbonyl (C=O) groups is 2. The first-order valence-corrected chi connectivity index (χ1v) is 10.8. The number of methoxy groups -OCH3 is 2. The van der Waals surface area contributed by atoms with Gasteiger partial charge < -0.3 is 24.1 Å². The van der Waals surface area contributed by atoms with Gasteiger partial charge in [-0.3, -0.25) is 18.7 Å². The molecule has 0 bridgehead atoms. The number of nitrogens with one attached hydrogen (secondary N) is 1. The van der Waals surface area contributed by atoms with Gasteiger partial charge in [0.1, 0.15) is 6.61 Å². The quantitative estimate of drug-likeness (QED) is 0.493. The topological polar surface area (TPSA) is 136 Å². The molecule has 2 heterocycles. The fourth-order valence-electron chi connectivity index (χ4n) is 3.34. The molecule has 0 fully saturated rings. The van der Waals surface area contributed by atoms with E-state index in [-0.39, 0.29) is 41.5 Å². The van der Waals surface area contributed by atoms with Crippen LogP contribution in [0.3, 0.4) is 0 Å². The molecule has 3 aromatic rings. The van der Waals surface area contributed by atoms with Crippen LogP contribution in [0, 0.1) is 5.41 Å². The molecule has 12 heteroatoms. The lowest BCUT2D eigenvalue weighted by molar-refractivity contribution is -0.123. The average molecular weight is 488 g/mol. The van der Waals surface area contributed by atoms with Crippen molar-refractivity contribution in [3.8, 4) is 11.5 Å². The molecule has 0 spiro atoms. The second kappa shape index (κ2) is 9.65. The van der Waals surface area contributed by atoms with E-state index >= 15 is 0 Å². The molecule has 0 saturated carbocycles. The van der Waals surface area contributed by atoms with Crippen LogP contribution < -0.4 is 26.0 Å². The monoisotopic (exact) mass is 487 g/mol. The molecule has 0 aliphatic heterocycles. The molecule has 0 aliphatic rings. The zero-order valence-electron chi connectivity index (χ0n) is 20.8. The largest absolute Gasteiger partial charge is 0.493 e. The van der Waals surface area contributed by atoms with E-state index in [2.05, 4.69) is 10.3 Å². The molecule has 0 atom stereocenters. The second-order valence-corrected chi connectivity index (χ2v) is 8.91. The summed E-state index contributed by atoms with van der Waals surface area (Å²) in [6.45, 7) is 5.26. The summed E-state index contributed by atoms with van der Waals surface area (Å²) in [4.78, 5) is 54.4. The molecule has 0 aliphatic carbocycles. The van der Waals surface area contributed by atoms with Crippen LogP contribution >= 0.6 is 0 Å². The van der Waals surface area contributed by atoms with Crippen LogP contribution in [-0.4, -0.2) is 51.4 Å². The Morgan fingerprint density at radius 2 is 1.66 bits per heavy atom. The van der Waals surface area contributed by atoms with Gasteiger partial charge in [-0.1, -0.05) is 20.8 Å². The molecule has 188 valence electrons. The fraction of sp³-hybridized carbons (Fsp3) is 0.435. The summed E-state index contributed by atoms with van der Waals surface area (Å²) in [5.41, 5.74) is -0.954. The van der Waals surface area contributed by atoms with E-state index in [0.717, 1.165) is 4.57 Å². The number of carbonyl (C=O) groups excluding carboxylic acids is 2. The molecule has 1 aromatic carbocycles. The van der Waals surface area contributed by atoms with Crippen molar-refractivity contribution in [3.05, 3.63) is 44.9 Å². The summed E-state index contributed by atoms with van der Waals surface area (Å²) in [6.07, 6.45) is 1.41. The number of amides is 1. The predicted molar refractivity (Wildman–Crippen MR) is 128 cm³/mol. The van der Waals surface area contributed by atoms with Gasteiger partial charge in [0.2, 0.25) is 5.91 Å². The van der Waals surface area contributed by atoms with Crippen molar-refractivity contribution in [1.29, 1.82) is 0 Å². The number of aryl methyl sites for hydroxylation is 1. The van der Waals surface area contributed by atoms with E-state index in [1.807, 2.05) is 0 Å². The number of imidazole rings is 1. The lowest BCUT2D eigenvalue weighted by Crippen LogP contribution is -2.37. The van der Waals surface area contributed by atoms with Gasteiger partial charge in [-0.25, -0.2) is 14.6 Å². The average Bonchev–Trinajstić information content (AvgIpc) is 3.24. The van der Waals surface area contributed by atoms with Crippen LogP contribution in [0.25, 0.3) is 11.2 Å². The molecule has 2 aromatic heterocycles. The first kappa shape index (κ1) is 25.5. The summed E-state index contributed by atoms with van der Waals surface area (Å²) in [5.74, 6) is -0.386. The van der Waals surface area contributed by atoms with E-state index in [0.29, 0.717) is 11.5 Å². The predicted octanol–water partition coefficient (Wildman–Crippen LogP) is 1.29. The highest BCUT2D eigenvalue weighted by Gasteiger charge is 2.25. The van der Waals surface area contributed by atoms with Crippen molar-refractivity contribution < 1.29 is 23.8 Å². The van der Waals surface area contributed by atoms with E-state index in [1.165, 1.54) is 55.9 Å². The van der Waals surface area contributed by atoms with Crippen LogP contribution in [0.2, 0.25) is 0 Å². The molecule has 0 saturated heterocycles. The van der Waals surface area contributed by atoms with Gasteiger partial charge in [0.15, 0.2) is 22.7 Å². The Kier molecular flexibility index (Phi) is 7.04. The lowest BCUT2D eigenvalue weighted by Gasteiger charge is -2.20. The number of fused-ring (bicyclic) bond motifs is 1. The highest BCUT2D eigenvalue weighted by molar-refractivity contribution is 6.03. The van der Waals surface area contributed by atoms with Gasteiger partial charge >= 0.3 is 11.7 Å². The minimum atomic E-state index is -0.708. The SMILES string of the molecule is COc1cc(NC(=O)C(C)(C)C)c(C(=O)OCCn2cnc3c2c(=O)n(C)c(=O)n3C)cc1OC. The van der Waals surface area contributed by atoms with Crippen molar-refractivity contribution in [2.75, 3.05) is 26.1 Å². The Balaban J connectivity index is 1.87. The zero-order valence-corrected chi connectivity index (χ0v) is 20.8. The molecule has 3 rings (SSSR count). The maximum Gasteiger partial charge on any atom is 0.340 e. The van der Waals surface area contributed by atoms with Crippen molar-refractivity contribution >= 4 is 28.7 Å². The standard InChI is InChI=1S/C23H29N5O7/c1-23(2,3)21(31)25-14-11-16(34-7)15(33-6)10-13(14)20(30)35-9-8-28-12-24-18-17(28)19(29)27(5)22(32)26(18)4/h10-12H,8-9H2,1-7H3,(H,25,31).